The van der Waals surface area contributed by atoms with E-state index in [0.717, 1.165) is 12.0 Å². The van der Waals surface area contributed by atoms with Crippen molar-refractivity contribution in [2.45, 2.75) is 33.7 Å². The summed E-state index contributed by atoms with van der Waals surface area (Å²) >= 11 is 0. The number of amides is 1. The summed E-state index contributed by atoms with van der Waals surface area (Å²) in [4.78, 5) is 26.8. The van der Waals surface area contributed by atoms with Crippen LogP contribution in [0.15, 0.2) is 41.5 Å². The minimum Gasteiger partial charge on any atom is -0.345 e. The van der Waals surface area contributed by atoms with E-state index in [-0.39, 0.29) is 29.1 Å². The Bertz CT molecular complexity index is 965. The van der Waals surface area contributed by atoms with Gasteiger partial charge in [0, 0.05) is 18.0 Å². The molecule has 7 nitrogen and oxygen atoms in total. The van der Waals surface area contributed by atoms with Crippen LogP contribution in [0.2, 0.25) is 0 Å². The molecule has 3 rings (SSSR count). The molecule has 0 aliphatic heterocycles. The lowest BCUT2D eigenvalue weighted by Gasteiger charge is -2.20. The van der Waals surface area contributed by atoms with Gasteiger partial charge in [-0.2, -0.15) is 0 Å². The third-order valence-corrected chi connectivity index (χ3v) is 3.80. The molecule has 0 bridgehead atoms. The Hall–Kier alpha value is -2.96. The van der Waals surface area contributed by atoms with Gasteiger partial charge in [-0.1, -0.05) is 39.0 Å². The van der Waals surface area contributed by atoms with Crippen molar-refractivity contribution < 1.29 is 4.79 Å². The second-order valence-corrected chi connectivity index (χ2v) is 7.18. The molecule has 1 aromatic carbocycles. The summed E-state index contributed by atoms with van der Waals surface area (Å²) in [5, 5.41) is 10.7. The van der Waals surface area contributed by atoms with Crippen LogP contribution in [0.4, 0.5) is 0 Å². The molecule has 1 amide bonds. The van der Waals surface area contributed by atoms with Gasteiger partial charge in [-0.05, 0) is 23.5 Å². The first-order chi connectivity index (χ1) is 11.8. The van der Waals surface area contributed by atoms with Crippen molar-refractivity contribution >= 4 is 11.6 Å². The van der Waals surface area contributed by atoms with Gasteiger partial charge in [0.15, 0.2) is 5.82 Å². The van der Waals surface area contributed by atoms with Crippen molar-refractivity contribution in [2.75, 3.05) is 0 Å². The second-order valence-electron chi connectivity index (χ2n) is 7.18. The monoisotopic (exact) mass is 339 g/mol. The van der Waals surface area contributed by atoms with Crippen LogP contribution < -0.4 is 10.9 Å². The summed E-state index contributed by atoms with van der Waals surface area (Å²) in [6.45, 7) is 6.61. The van der Waals surface area contributed by atoms with E-state index in [0.29, 0.717) is 11.4 Å². The number of nitrogens with one attached hydrogen (secondary N) is 2. The molecular weight excluding hydrogens is 318 g/mol. The van der Waals surface area contributed by atoms with E-state index >= 15 is 0 Å². The zero-order valence-corrected chi connectivity index (χ0v) is 14.5. The average molecular weight is 339 g/mol. The van der Waals surface area contributed by atoms with Crippen LogP contribution in [0.25, 0.3) is 5.65 Å². The number of benzene rings is 1. The van der Waals surface area contributed by atoms with Gasteiger partial charge in [-0.3, -0.25) is 14.0 Å². The van der Waals surface area contributed by atoms with Crippen LogP contribution in [-0.4, -0.2) is 25.5 Å². The molecular formula is C18H21N5O2. The number of aromatic amines is 1. The van der Waals surface area contributed by atoms with E-state index in [2.05, 4.69) is 41.3 Å². The molecule has 0 radical (unpaired) electrons. The van der Waals surface area contributed by atoms with Crippen molar-refractivity contribution in [3.63, 3.8) is 0 Å². The molecule has 2 heterocycles. The maximum Gasteiger partial charge on any atom is 0.293 e. The number of hydrogen-bond acceptors (Lipinski definition) is 4. The summed E-state index contributed by atoms with van der Waals surface area (Å²) < 4.78 is 1.57. The third-order valence-electron chi connectivity index (χ3n) is 3.80. The molecule has 25 heavy (non-hydrogen) atoms. The predicted molar refractivity (Wildman–Crippen MR) is 94.4 cm³/mol. The molecule has 0 saturated heterocycles. The standard InChI is InChI=1S/C18H21N5O2/c1-18(2,3)10-12-6-4-5-7-13(12)16(24)20-11-14-21-22-15-17(25)19-8-9-23(14)15/h4-9H,10-11H2,1-3H3,(H,19,25)(H,20,24). The van der Waals surface area contributed by atoms with Gasteiger partial charge in [0.05, 0.1) is 6.54 Å². The SMILES string of the molecule is CC(C)(C)Cc1ccccc1C(=O)NCc1nnc2c(=O)[nH]ccn12. The first-order valence-corrected chi connectivity index (χ1v) is 8.12. The van der Waals surface area contributed by atoms with E-state index in [4.69, 9.17) is 0 Å². The zero-order chi connectivity index (χ0) is 18.0. The number of fused-ring (bicyclic) bond motifs is 1. The van der Waals surface area contributed by atoms with Crippen molar-refractivity contribution in [1.82, 2.24) is 24.9 Å². The highest BCUT2D eigenvalue weighted by Crippen LogP contribution is 2.23. The van der Waals surface area contributed by atoms with Crippen molar-refractivity contribution in [3.05, 3.63) is 64.0 Å². The molecule has 0 atom stereocenters. The lowest BCUT2D eigenvalue weighted by Crippen LogP contribution is -2.26. The molecule has 0 aliphatic carbocycles. The zero-order valence-electron chi connectivity index (χ0n) is 14.5. The minimum atomic E-state index is -0.317. The Balaban J connectivity index is 1.79. The molecule has 0 spiro atoms. The number of carbonyl (C=O) groups is 1. The van der Waals surface area contributed by atoms with Gasteiger partial charge < -0.3 is 10.3 Å². The molecule has 0 unspecified atom stereocenters. The van der Waals surface area contributed by atoms with Crippen LogP contribution >= 0.6 is 0 Å². The molecule has 2 N–H and O–H groups in total. The fourth-order valence-corrected chi connectivity index (χ4v) is 2.73. The fraction of sp³-hybridized carbons (Fsp3) is 0.333. The van der Waals surface area contributed by atoms with E-state index in [1.54, 1.807) is 10.6 Å². The summed E-state index contributed by atoms with van der Waals surface area (Å²) in [5.74, 6) is 0.337. The molecule has 3 aromatic rings. The lowest BCUT2D eigenvalue weighted by atomic mass is 9.86. The van der Waals surface area contributed by atoms with Gasteiger partial charge in [0.2, 0.25) is 5.65 Å². The van der Waals surface area contributed by atoms with Crippen LogP contribution in [0.5, 0.6) is 0 Å². The maximum atomic E-state index is 12.6. The van der Waals surface area contributed by atoms with Gasteiger partial charge in [0.1, 0.15) is 0 Å². The number of hydrogen-bond donors (Lipinski definition) is 2. The summed E-state index contributed by atoms with van der Waals surface area (Å²) in [7, 11) is 0. The average Bonchev–Trinajstić information content (AvgIpc) is 2.96. The third kappa shape index (κ3) is 3.76. The Kier molecular flexibility index (Phi) is 4.39. The van der Waals surface area contributed by atoms with Crippen LogP contribution in [0.3, 0.4) is 0 Å². The predicted octanol–water partition coefficient (Wildman–Crippen LogP) is 1.94. The smallest absolute Gasteiger partial charge is 0.293 e. The molecule has 7 heteroatoms. The largest absolute Gasteiger partial charge is 0.345 e. The number of rotatable bonds is 4. The van der Waals surface area contributed by atoms with Crippen molar-refractivity contribution in [1.29, 1.82) is 0 Å². The first-order valence-electron chi connectivity index (χ1n) is 8.12. The van der Waals surface area contributed by atoms with Crippen LogP contribution in [0.1, 0.15) is 42.5 Å². The van der Waals surface area contributed by atoms with E-state index in [1.165, 1.54) is 6.20 Å². The molecule has 2 aromatic heterocycles. The van der Waals surface area contributed by atoms with Crippen molar-refractivity contribution in [3.8, 4) is 0 Å². The van der Waals surface area contributed by atoms with Gasteiger partial charge in [-0.15, -0.1) is 10.2 Å². The molecule has 0 aliphatic rings. The maximum absolute atomic E-state index is 12.6. The first kappa shape index (κ1) is 16.9. The molecule has 0 fully saturated rings. The van der Waals surface area contributed by atoms with Crippen molar-refractivity contribution in [2.24, 2.45) is 5.41 Å². The topological polar surface area (TPSA) is 92.2 Å². The number of carbonyl (C=O) groups excluding carboxylic acids is 1. The highest BCUT2D eigenvalue weighted by molar-refractivity contribution is 5.95. The van der Waals surface area contributed by atoms with Crippen LogP contribution in [-0.2, 0) is 13.0 Å². The quantitative estimate of drug-likeness (QED) is 0.760. The minimum absolute atomic E-state index is 0.0839. The number of aromatic nitrogens is 4. The Labute approximate surface area is 145 Å². The molecule has 130 valence electrons. The summed E-state index contributed by atoms with van der Waals surface area (Å²) in [5.41, 5.74) is 1.64. The fourth-order valence-electron chi connectivity index (χ4n) is 2.73. The Morgan fingerprint density at radius 2 is 2.00 bits per heavy atom. The Morgan fingerprint density at radius 1 is 1.24 bits per heavy atom. The highest BCUT2D eigenvalue weighted by atomic mass is 16.1. The number of H-pyrrole nitrogens is 1. The highest BCUT2D eigenvalue weighted by Gasteiger charge is 2.18. The lowest BCUT2D eigenvalue weighted by molar-refractivity contribution is 0.0948. The van der Waals surface area contributed by atoms with E-state index in [1.807, 2.05) is 24.3 Å². The van der Waals surface area contributed by atoms with Crippen LogP contribution in [0, 0.1) is 5.41 Å². The van der Waals surface area contributed by atoms with Gasteiger partial charge in [0.25, 0.3) is 11.5 Å². The van der Waals surface area contributed by atoms with Gasteiger partial charge in [-0.25, -0.2) is 0 Å². The number of nitrogens with zero attached hydrogens (tertiary/aromatic N) is 3. The Morgan fingerprint density at radius 3 is 2.76 bits per heavy atom. The second kappa shape index (κ2) is 6.51. The van der Waals surface area contributed by atoms with E-state index in [9.17, 15) is 9.59 Å². The van der Waals surface area contributed by atoms with Gasteiger partial charge >= 0.3 is 0 Å². The van der Waals surface area contributed by atoms with E-state index < -0.39 is 0 Å². The summed E-state index contributed by atoms with van der Waals surface area (Å²) in [6.07, 6.45) is 3.98. The summed E-state index contributed by atoms with van der Waals surface area (Å²) in [6, 6.07) is 7.60. The molecule has 0 saturated carbocycles. The normalized spacial score (nSPS) is 11.6.